The number of anilines is 2. The van der Waals surface area contributed by atoms with Crippen molar-refractivity contribution in [3.05, 3.63) is 102 Å². The number of benzene rings is 3. The average Bonchev–Trinajstić information content (AvgIpc) is 2.95. The molecule has 1 saturated heterocycles. The number of nitrogens with one attached hydrogen (secondary N) is 1. The van der Waals surface area contributed by atoms with E-state index in [0.29, 0.717) is 44.0 Å². The van der Waals surface area contributed by atoms with E-state index in [2.05, 4.69) is 22.3 Å². The topological polar surface area (TPSA) is 61.4 Å². The quantitative estimate of drug-likeness (QED) is 0.300. The van der Waals surface area contributed by atoms with Crippen molar-refractivity contribution in [1.82, 2.24) is 14.9 Å². The highest BCUT2D eigenvalue weighted by Crippen LogP contribution is 2.29. The summed E-state index contributed by atoms with van der Waals surface area (Å²) >= 11 is 1.67. The number of carbonyl (C=O) groups is 1. The molecule has 0 aliphatic carbocycles. The first-order chi connectivity index (χ1) is 18.5. The second-order valence-corrected chi connectivity index (χ2v) is 10.1. The van der Waals surface area contributed by atoms with Gasteiger partial charge in [0.25, 0.3) is 0 Å². The minimum Gasteiger partial charge on any atom is -0.353 e. The minimum atomic E-state index is -0.318. The highest BCUT2D eigenvalue weighted by Gasteiger charge is 2.25. The van der Waals surface area contributed by atoms with Crippen LogP contribution in [0.1, 0.15) is 16.8 Å². The highest BCUT2D eigenvalue weighted by molar-refractivity contribution is 7.98. The molecule has 0 saturated carbocycles. The number of carbonyl (C=O) groups excluding carboxylic acids is 1. The third kappa shape index (κ3) is 5.97. The molecule has 1 aliphatic heterocycles. The maximum atomic E-state index is 14.0. The molecule has 0 spiro atoms. The van der Waals surface area contributed by atoms with Gasteiger partial charge in [0.2, 0.25) is 0 Å². The zero-order valence-electron chi connectivity index (χ0n) is 21.5. The molecule has 0 atom stereocenters. The van der Waals surface area contributed by atoms with Gasteiger partial charge in [0.15, 0.2) is 5.82 Å². The highest BCUT2D eigenvalue weighted by atomic mass is 32.2. The summed E-state index contributed by atoms with van der Waals surface area (Å²) in [6.07, 6.45) is 2.72. The van der Waals surface area contributed by atoms with Crippen molar-refractivity contribution >= 4 is 29.3 Å². The Balaban J connectivity index is 1.37. The number of halogens is 1. The Morgan fingerprint density at radius 2 is 1.68 bits per heavy atom. The summed E-state index contributed by atoms with van der Waals surface area (Å²) in [4.78, 5) is 27.8. The van der Waals surface area contributed by atoms with Crippen molar-refractivity contribution in [3.8, 4) is 11.4 Å². The molecule has 0 bridgehead atoms. The second-order valence-electron chi connectivity index (χ2n) is 9.24. The molecule has 0 radical (unpaired) electrons. The van der Waals surface area contributed by atoms with E-state index < -0.39 is 0 Å². The summed E-state index contributed by atoms with van der Waals surface area (Å²) in [5.74, 6) is 1.03. The van der Waals surface area contributed by atoms with Crippen LogP contribution in [-0.2, 0) is 6.42 Å². The molecule has 3 aromatic carbocycles. The van der Waals surface area contributed by atoms with E-state index in [-0.39, 0.29) is 11.8 Å². The van der Waals surface area contributed by atoms with Crippen molar-refractivity contribution in [2.75, 3.05) is 42.7 Å². The molecule has 5 rings (SSSR count). The number of rotatable bonds is 6. The van der Waals surface area contributed by atoms with Gasteiger partial charge in [-0.2, -0.15) is 0 Å². The lowest BCUT2D eigenvalue weighted by molar-refractivity contribution is 0.208. The molecule has 1 aromatic heterocycles. The van der Waals surface area contributed by atoms with Crippen LogP contribution in [0.2, 0.25) is 0 Å². The zero-order valence-corrected chi connectivity index (χ0v) is 22.3. The van der Waals surface area contributed by atoms with Gasteiger partial charge in [-0.05, 0) is 55.1 Å². The molecule has 2 heterocycles. The molecule has 38 heavy (non-hydrogen) atoms. The first-order valence-corrected chi connectivity index (χ1v) is 13.8. The molecule has 8 heteroatoms. The van der Waals surface area contributed by atoms with E-state index in [1.807, 2.05) is 66.6 Å². The van der Waals surface area contributed by atoms with Crippen LogP contribution in [0.3, 0.4) is 0 Å². The van der Waals surface area contributed by atoms with Crippen molar-refractivity contribution in [2.45, 2.75) is 18.2 Å². The van der Waals surface area contributed by atoms with Gasteiger partial charge in [0.05, 0.1) is 0 Å². The molecule has 4 aromatic rings. The fraction of sp³-hybridized carbons (Fsp3) is 0.233. The van der Waals surface area contributed by atoms with Crippen LogP contribution in [0.5, 0.6) is 0 Å². The number of urea groups is 1. The summed E-state index contributed by atoms with van der Waals surface area (Å²) in [6.45, 7) is 4.40. The molecule has 1 N–H and O–H groups in total. The van der Waals surface area contributed by atoms with Crippen molar-refractivity contribution < 1.29 is 9.18 Å². The Morgan fingerprint density at radius 3 is 2.37 bits per heavy atom. The summed E-state index contributed by atoms with van der Waals surface area (Å²) in [5.41, 5.74) is 4.51. The predicted octanol–water partition coefficient (Wildman–Crippen LogP) is 6.26. The van der Waals surface area contributed by atoms with Crippen LogP contribution in [0.25, 0.3) is 11.4 Å². The molecular weight excluding hydrogens is 497 g/mol. The number of piperazine rings is 1. The normalized spacial score (nSPS) is 13.4. The Hall–Kier alpha value is -3.91. The summed E-state index contributed by atoms with van der Waals surface area (Å²) in [6, 6.07) is 24.4. The number of hydrogen-bond acceptors (Lipinski definition) is 5. The lowest BCUT2D eigenvalue weighted by atomic mass is 10.0. The average molecular weight is 528 g/mol. The maximum Gasteiger partial charge on any atom is 0.321 e. The lowest BCUT2D eigenvalue weighted by Crippen LogP contribution is -2.50. The Kier molecular flexibility index (Phi) is 7.89. The minimum absolute atomic E-state index is 0.106. The summed E-state index contributed by atoms with van der Waals surface area (Å²) < 4.78 is 14.0. The van der Waals surface area contributed by atoms with E-state index in [1.54, 1.807) is 17.8 Å². The van der Waals surface area contributed by atoms with E-state index in [4.69, 9.17) is 9.97 Å². The van der Waals surface area contributed by atoms with Gasteiger partial charge in [-0.1, -0.05) is 42.5 Å². The van der Waals surface area contributed by atoms with E-state index in [1.165, 1.54) is 17.7 Å². The van der Waals surface area contributed by atoms with Crippen LogP contribution in [0.4, 0.5) is 20.7 Å². The fourth-order valence-corrected chi connectivity index (χ4v) is 5.01. The van der Waals surface area contributed by atoms with Crippen LogP contribution in [0.15, 0.2) is 83.8 Å². The third-order valence-electron chi connectivity index (χ3n) is 6.71. The van der Waals surface area contributed by atoms with Crippen LogP contribution in [0, 0.1) is 12.7 Å². The molecule has 2 amide bonds. The largest absolute Gasteiger partial charge is 0.353 e. The Morgan fingerprint density at radius 1 is 0.947 bits per heavy atom. The van der Waals surface area contributed by atoms with Crippen molar-refractivity contribution in [3.63, 3.8) is 0 Å². The van der Waals surface area contributed by atoms with Gasteiger partial charge in [-0.3, -0.25) is 0 Å². The Labute approximate surface area is 226 Å². The standard InChI is InChI=1S/C30H30FN5OS/c1-21-27(19-22-7-4-3-5-8-22)29(34-28(32-21)23-9-6-10-24(31)20-23)35-15-17-36(18-16-35)30(37)33-25-11-13-26(38-2)14-12-25/h3-14,20H,15-19H2,1-2H3,(H,33,37). The van der Waals surface area contributed by atoms with E-state index >= 15 is 0 Å². The Bertz CT molecular complexity index is 1410. The first-order valence-electron chi connectivity index (χ1n) is 12.6. The molecule has 1 aliphatic rings. The molecule has 6 nitrogen and oxygen atoms in total. The summed E-state index contributed by atoms with van der Waals surface area (Å²) in [7, 11) is 0. The molecule has 0 unspecified atom stereocenters. The van der Waals surface area contributed by atoms with Gasteiger partial charge in [-0.25, -0.2) is 19.2 Å². The zero-order chi connectivity index (χ0) is 26.5. The molecular formula is C30H30FN5OS. The molecule has 1 fully saturated rings. The lowest BCUT2D eigenvalue weighted by Gasteiger charge is -2.36. The van der Waals surface area contributed by atoms with Gasteiger partial charge >= 0.3 is 6.03 Å². The van der Waals surface area contributed by atoms with Crippen LogP contribution < -0.4 is 10.2 Å². The number of hydrogen-bond donors (Lipinski definition) is 1. The van der Waals surface area contributed by atoms with Crippen LogP contribution >= 0.6 is 11.8 Å². The van der Waals surface area contributed by atoms with Gasteiger partial charge < -0.3 is 15.1 Å². The van der Waals surface area contributed by atoms with Gasteiger partial charge in [0, 0.05) is 60.0 Å². The van der Waals surface area contributed by atoms with Gasteiger partial charge in [-0.15, -0.1) is 11.8 Å². The molecule has 194 valence electrons. The number of nitrogens with zero attached hydrogens (tertiary/aromatic N) is 4. The number of thioether (sulfide) groups is 1. The van der Waals surface area contributed by atoms with Crippen LogP contribution in [-0.4, -0.2) is 53.3 Å². The predicted molar refractivity (Wildman–Crippen MR) is 152 cm³/mol. The summed E-state index contributed by atoms with van der Waals surface area (Å²) in [5, 5.41) is 3.00. The SMILES string of the molecule is CSc1ccc(NC(=O)N2CCN(c3nc(-c4cccc(F)c4)nc(C)c3Cc3ccccc3)CC2)cc1. The smallest absolute Gasteiger partial charge is 0.321 e. The number of aryl methyl sites for hydroxylation is 1. The number of aromatic nitrogens is 2. The van der Waals surface area contributed by atoms with E-state index in [0.717, 1.165) is 27.7 Å². The number of amides is 2. The maximum absolute atomic E-state index is 14.0. The monoisotopic (exact) mass is 527 g/mol. The third-order valence-corrected chi connectivity index (χ3v) is 7.45. The van der Waals surface area contributed by atoms with Crippen molar-refractivity contribution in [2.24, 2.45) is 0 Å². The first kappa shape index (κ1) is 25.7. The van der Waals surface area contributed by atoms with Crippen molar-refractivity contribution in [1.29, 1.82) is 0 Å². The fourth-order valence-electron chi connectivity index (χ4n) is 4.60. The van der Waals surface area contributed by atoms with E-state index in [9.17, 15) is 9.18 Å². The second kappa shape index (κ2) is 11.6. The van der Waals surface area contributed by atoms with Gasteiger partial charge in [0.1, 0.15) is 11.6 Å².